The van der Waals surface area contributed by atoms with E-state index in [2.05, 4.69) is 46.1 Å². The Bertz CT molecular complexity index is 216. The minimum absolute atomic E-state index is 0.232. The monoisotopic (exact) mass is 254 g/mol. The summed E-state index contributed by atoms with van der Waals surface area (Å²) < 4.78 is 0. The van der Waals surface area contributed by atoms with Crippen LogP contribution in [0.25, 0.3) is 0 Å². The van der Waals surface area contributed by atoms with Crippen molar-refractivity contribution in [1.82, 2.24) is 4.90 Å². The Balaban J connectivity index is 4.15. The van der Waals surface area contributed by atoms with Gasteiger partial charge in [0.15, 0.2) is 0 Å². The molecular formula is C16H34N2. The van der Waals surface area contributed by atoms with Crippen molar-refractivity contribution >= 4 is 0 Å². The van der Waals surface area contributed by atoms with Crippen LogP contribution in [-0.2, 0) is 0 Å². The zero-order valence-corrected chi connectivity index (χ0v) is 13.2. The van der Waals surface area contributed by atoms with E-state index in [1.165, 1.54) is 12.8 Å². The molecule has 0 aliphatic rings. The molecule has 0 spiro atoms. The molecule has 0 amide bonds. The number of hydrogen-bond donors (Lipinski definition) is 1. The largest absolute Gasteiger partial charge is 0.330 e. The summed E-state index contributed by atoms with van der Waals surface area (Å²) in [5.74, 6) is 1.52. The van der Waals surface area contributed by atoms with Gasteiger partial charge < -0.3 is 5.73 Å². The highest BCUT2D eigenvalue weighted by Crippen LogP contribution is 2.22. The zero-order valence-electron chi connectivity index (χ0n) is 13.2. The fraction of sp³-hybridized carbons (Fsp3) is 0.875. The summed E-state index contributed by atoms with van der Waals surface area (Å²) in [6.45, 7) is 18.3. The van der Waals surface area contributed by atoms with Crippen LogP contribution in [0.5, 0.6) is 0 Å². The van der Waals surface area contributed by atoms with Crippen molar-refractivity contribution in [2.24, 2.45) is 17.6 Å². The van der Waals surface area contributed by atoms with Crippen molar-refractivity contribution in [3.8, 4) is 0 Å². The molecule has 18 heavy (non-hydrogen) atoms. The molecular weight excluding hydrogens is 220 g/mol. The number of nitrogens with zero attached hydrogens (tertiary/aromatic N) is 1. The number of rotatable bonds is 9. The molecule has 2 N–H and O–H groups in total. The minimum Gasteiger partial charge on any atom is -0.330 e. The summed E-state index contributed by atoms with van der Waals surface area (Å²) >= 11 is 0. The summed E-state index contributed by atoms with van der Waals surface area (Å²) in [7, 11) is 0. The van der Waals surface area contributed by atoms with E-state index in [1.54, 1.807) is 0 Å². The predicted molar refractivity (Wildman–Crippen MR) is 82.8 cm³/mol. The summed E-state index contributed by atoms with van der Waals surface area (Å²) in [5.41, 5.74) is 5.92. The molecule has 1 atom stereocenters. The second-order valence-corrected chi connectivity index (χ2v) is 6.63. The van der Waals surface area contributed by atoms with Gasteiger partial charge in [-0.25, -0.2) is 0 Å². The predicted octanol–water partition coefficient (Wildman–Crippen LogP) is 3.67. The van der Waals surface area contributed by atoms with Crippen molar-refractivity contribution in [2.45, 2.75) is 59.4 Å². The molecule has 2 heteroatoms. The summed E-state index contributed by atoms with van der Waals surface area (Å²) in [4.78, 5) is 2.50. The smallest absolute Gasteiger partial charge is 0.0165 e. The normalized spacial score (nSPS) is 14.2. The van der Waals surface area contributed by atoms with Crippen LogP contribution in [0.3, 0.4) is 0 Å². The standard InChI is InChI=1S/C16H34N2/c1-7-12-18(16(4,5)6)13-8-9-15(10-11-17)14(2)3/h7,14-15H,1,8-13,17H2,2-6H3. The molecule has 0 saturated heterocycles. The quantitative estimate of drug-likeness (QED) is 0.636. The first kappa shape index (κ1) is 17.7. The van der Waals surface area contributed by atoms with Crippen LogP contribution in [0.1, 0.15) is 53.9 Å². The Morgan fingerprint density at radius 3 is 2.22 bits per heavy atom. The molecule has 0 heterocycles. The summed E-state index contributed by atoms with van der Waals surface area (Å²) in [6.07, 6.45) is 5.71. The molecule has 0 aromatic carbocycles. The lowest BCUT2D eigenvalue weighted by atomic mass is 9.88. The Hall–Kier alpha value is -0.340. The van der Waals surface area contributed by atoms with E-state index in [0.717, 1.165) is 37.9 Å². The van der Waals surface area contributed by atoms with Gasteiger partial charge in [0.1, 0.15) is 0 Å². The van der Waals surface area contributed by atoms with Crippen LogP contribution in [0.2, 0.25) is 0 Å². The Labute approximate surface area is 115 Å². The highest BCUT2D eigenvalue weighted by atomic mass is 15.2. The van der Waals surface area contributed by atoms with Gasteiger partial charge in [-0.2, -0.15) is 0 Å². The Morgan fingerprint density at radius 1 is 1.22 bits per heavy atom. The molecule has 0 fully saturated rings. The van der Waals surface area contributed by atoms with Gasteiger partial charge in [0, 0.05) is 12.1 Å². The molecule has 0 rings (SSSR count). The van der Waals surface area contributed by atoms with E-state index in [1.807, 2.05) is 6.08 Å². The van der Waals surface area contributed by atoms with Crippen molar-refractivity contribution < 1.29 is 0 Å². The number of hydrogen-bond acceptors (Lipinski definition) is 2. The lowest BCUT2D eigenvalue weighted by Gasteiger charge is -2.35. The van der Waals surface area contributed by atoms with Gasteiger partial charge in [-0.1, -0.05) is 19.9 Å². The Kier molecular flexibility index (Phi) is 8.54. The molecule has 1 unspecified atom stereocenters. The van der Waals surface area contributed by atoms with Gasteiger partial charge in [0.05, 0.1) is 0 Å². The van der Waals surface area contributed by atoms with Crippen LogP contribution >= 0.6 is 0 Å². The second-order valence-electron chi connectivity index (χ2n) is 6.63. The van der Waals surface area contributed by atoms with Crippen LogP contribution in [0.15, 0.2) is 12.7 Å². The third kappa shape index (κ3) is 7.17. The first-order chi connectivity index (χ1) is 8.32. The van der Waals surface area contributed by atoms with Crippen molar-refractivity contribution in [2.75, 3.05) is 19.6 Å². The van der Waals surface area contributed by atoms with Crippen LogP contribution in [0, 0.1) is 11.8 Å². The molecule has 108 valence electrons. The topological polar surface area (TPSA) is 29.3 Å². The molecule has 0 saturated carbocycles. The molecule has 0 radical (unpaired) electrons. The van der Waals surface area contributed by atoms with Crippen molar-refractivity contribution in [3.05, 3.63) is 12.7 Å². The number of nitrogens with two attached hydrogens (primary N) is 1. The van der Waals surface area contributed by atoms with Gasteiger partial charge in [-0.3, -0.25) is 4.90 Å². The van der Waals surface area contributed by atoms with Gasteiger partial charge >= 0.3 is 0 Å². The van der Waals surface area contributed by atoms with Crippen molar-refractivity contribution in [3.63, 3.8) is 0 Å². The summed E-state index contributed by atoms with van der Waals surface area (Å²) in [6, 6.07) is 0. The third-order valence-corrected chi connectivity index (χ3v) is 3.78. The first-order valence-electron chi connectivity index (χ1n) is 7.39. The van der Waals surface area contributed by atoms with Gasteiger partial charge in [0.2, 0.25) is 0 Å². The SMILES string of the molecule is C=CCN(CCCC(CCN)C(C)C)C(C)(C)C. The van der Waals surface area contributed by atoms with E-state index < -0.39 is 0 Å². The lowest BCUT2D eigenvalue weighted by molar-refractivity contribution is 0.146. The average Bonchev–Trinajstić information content (AvgIpc) is 2.25. The lowest BCUT2D eigenvalue weighted by Crippen LogP contribution is -2.42. The van der Waals surface area contributed by atoms with Gasteiger partial charge in [-0.05, 0) is 65.0 Å². The van der Waals surface area contributed by atoms with Crippen LogP contribution in [0.4, 0.5) is 0 Å². The van der Waals surface area contributed by atoms with Gasteiger partial charge in [-0.15, -0.1) is 6.58 Å². The maximum atomic E-state index is 5.69. The highest BCUT2D eigenvalue weighted by Gasteiger charge is 2.20. The molecule has 0 aliphatic carbocycles. The zero-order chi connectivity index (χ0) is 14.2. The van der Waals surface area contributed by atoms with Crippen molar-refractivity contribution in [1.29, 1.82) is 0 Å². The molecule has 0 bridgehead atoms. The third-order valence-electron chi connectivity index (χ3n) is 3.78. The first-order valence-corrected chi connectivity index (χ1v) is 7.39. The average molecular weight is 254 g/mol. The maximum Gasteiger partial charge on any atom is 0.0165 e. The molecule has 0 aliphatic heterocycles. The highest BCUT2D eigenvalue weighted by molar-refractivity contribution is 4.83. The Morgan fingerprint density at radius 2 is 1.83 bits per heavy atom. The second kappa shape index (κ2) is 8.71. The molecule has 0 aromatic heterocycles. The minimum atomic E-state index is 0.232. The van der Waals surface area contributed by atoms with Gasteiger partial charge in [0.25, 0.3) is 0 Å². The van der Waals surface area contributed by atoms with E-state index >= 15 is 0 Å². The molecule has 0 aromatic rings. The molecule has 2 nitrogen and oxygen atoms in total. The van der Waals surface area contributed by atoms with E-state index in [0.29, 0.717) is 0 Å². The fourth-order valence-electron chi connectivity index (χ4n) is 2.43. The van der Waals surface area contributed by atoms with E-state index in [-0.39, 0.29) is 5.54 Å². The maximum absolute atomic E-state index is 5.69. The summed E-state index contributed by atoms with van der Waals surface area (Å²) in [5, 5.41) is 0. The van der Waals surface area contributed by atoms with Crippen LogP contribution < -0.4 is 5.73 Å². The van der Waals surface area contributed by atoms with Crippen LogP contribution in [-0.4, -0.2) is 30.1 Å². The van der Waals surface area contributed by atoms with E-state index in [9.17, 15) is 0 Å². The van der Waals surface area contributed by atoms with E-state index in [4.69, 9.17) is 5.73 Å². The fourth-order valence-corrected chi connectivity index (χ4v) is 2.43.